The Hall–Kier alpha value is -0.520. The van der Waals surface area contributed by atoms with Gasteiger partial charge in [0, 0.05) is 18.4 Å². The third-order valence-electron chi connectivity index (χ3n) is 1.91. The summed E-state index contributed by atoms with van der Waals surface area (Å²) in [6.45, 7) is 3.99. The number of halogens is 1. The van der Waals surface area contributed by atoms with Gasteiger partial charge in [0.25, 0.3) is 0 Å². The maximum absolute atomic E-state index is 9.95. The molecule has 0 radical (unpaired) electrons. The molecule has 0 aliphatic rings. The van der Waals surface area contributed by atoms with Gasteiger partial charge in [-0.2, -0.15) is 11.8 Å². The number of nitrogens with one attached hydrogen (secondary N) is 1. The monoisotopic (exact) mass is 261 g/mol. The van der Waals surface area contributed by atoms with E-state index in [2.05, 4.69) is 15.3 Å². The molecule has 1 rings (SSSR count). The molecule has 0 aliphatic carbocycles. The molecule has 0 spiro atoms. The Kier molecular flexibility index (Phi) is 4.83. The van der Waals surface area contributed by atoms with Crippen LogP contribution in [0.3, 0.4) is 0 Å². The van der Waals surface area contributed by atoms with Crippen LogP contribution in [0.1, 0.15) is 12.7 Å². The van der Waals surface area contributed by atoms with Crippen LogP contribution in [0.25, 0.3) is 0 Å². The van der Waals surface area contributed by atoms with E-state index in [1.165, 1.54) is 0 Å². The average molecular weight is 262 g/mol. The first-order chi connectivity index (χ1) is 7.43. The SMILES string of the molecule is CSCC(C)(O)CNc1cc(Cl)nc(C)n1. The second-order valence-corrected chi connectivity index (χ2v) is 5.16. The zero-order valence-corrected chi connectivity index (χ0v) is 11.2. The van der Waals surface area contributed by atoms with E-state index in [0.29, 0.717) is 29.1 Å². The highest BCUT2D eigenvalue weighted by Gasteiger charge is 2.19. The highest BCUT2D eigenvalue weighted by molar-refractivity contribution is 7.98. The minimum atomic E-state index is -0.759. The second-order valence-electron chi connectivity index (χ2n) is 3.91. The van der Waals surface area contributed by atoms with Gasteiger partial charge in [0.2, 0.25) is 0 Å². The fraction of sp³-hybridized carbons (Fsp3) is 0.600. The van der Waals surface area contributed by atoms with Crippen molar-refractivity contribution in [1.82, 2.24) is 9.97 Å². The lowest BCUT2D eigenvalue weighted by molar-refractivity contribution is 0.0996. The van der Waals surface area contributed by atoms with E-state index in [-0.39, 0.29) is 0 Å². The van der Waals surface area contributed by atoms with E-state index in [0.717, 1.165) is 0 Å². The molecule has 1 aromatic heterocycles. The molecule has 2 N–H and O–H groups in total. The first kappa shape index (κ1) is 13.5. The van der Waals surface area contributed by atoms with Gasteiger partial charge in [-0.15, -0.1) is 0 Å². The second kappa shape index (κ2) is 5.70. The van der Waals surface area contributed by atoms with Gasteiger partial charge >= 0.3 is 0 Å². The Morgan fingerprint density at radius 2 is 2.25 bits per heavy atom. The van der Waals surface area contributed by atoms with Crippen LogP contribution in [-0.4, -0.2) is 39.2 Å². The van der Waals surface area contributed by atoms with Gasteiger partial charge in [0.05, 0.1) is 5.60 Å². The Bertz CT molecular complexity index is 340. The van der Waals surface area contributed by atoms with E-state index in [4.69, 9.17) is 11.6 Å². The number of anilines is 1. The zero-order chi connectivity index (χ0) is 12.2. The van der Waals surface area contributed by atoms with Crippen molar-refractivity contribution >= 4 is 29.2 Å². The van der Waals surface area contributed by atoms with Gasteiger partial charge in [-0.1, -0.05) is 11.6 Å². The lowest BCUT2D eigenvalue weighted by atomic mass is 10.1. The van der Waals surface area contributed by atoms with E-state index in [9.17, 15) is 5.11 Å². The van der Waals surface area contributed by atoms with Crippen molar-refractivity contribution in [3.8, 4) is 0 Å². The molecular weight excluding hydrogens is 246 g/mol. The molecule has 0 aliphatic heterocycles. The van der Waals surface area contributed by atoms with Crippen molar-refractivity contribution in [3.63, 3.8) is 0 Å². The van der Waals surface area contributed by atoms with Crippen LogP contribution in [-0.2, 0) is 0 Å². The van der Waals surface area contributed by atoms with Crippen molar-refractivity contribution in [2.24, 2.45) is 0 Å². The summed E-state index contributed by atoms with van der Waals surface area (Å²) in [5.41, 5.74) is -0.759. The molecule has 90 valence electrons. The number of thioether (sulfide) groups is 1. The minimum Gasteiger partial charge on any atom is -0.387 e. The van der Waals surface area contributed by atoms with E-state index >= 15 is 0 Å². The van der Waals surface area contributed by atoms with Crippen LogP contribution < -0.4 is 5.32 Å². The number of nitrogens with zero attached hydrogens (tertiary/aromatic N) is 2. The fourth-order valence-corrected chi connectivity index (χ4v) is 2.21. The standard InChI is InChI=1S/C10H16ClN3OS/c1-7-13-8(11)4-9(14-7)12-5-10(2,15)6-16-3/h4,15H,5-6H2,1-3H3,(H,12,13,14). The summed E-state index contributed by atoms with van der Waals surface area (Å²) in [6.07, 6.45) is 1.96. The first-order valence-electron chi connectivity index (χ1n) is 4.89. The van der Waals surface area contributed by atoms with Crippen LogP contribution >= 0.6 is 23.4 Å². The number of hydrogen-bond acceptors (Lipinski definition) is 5. The van der Waals surface area contributed by atoms with Gasteiger partial charge in [0.1, 0.15) is 16.8 Å². The minimum absolute atomic E-state index is 0.402. The number of aromatic nitrogens is 2. The molecule has 0 bridgehead atoms. The zero-order valence-electron chi connectivity index (χ0n) is 9.62. The number of aliphatic hydroxyl groups is 1. The van der Waals surface area contributed by atoms with Crippen molar-refractivity contribution in [2.45, 2.75) is 19.4 Å². The summed E-state index contributed by atoms with van der Waals surface area (Å²) in [4.78, 5) is 8.14. The smallest absolute Gasteiger partial charge is 0.134 e. The molecule has 0 fully saturated rings. The highest BCUT2D eigenvalue weighted by atomic mass is 35.5. The highest BCUT2D eigenvalue weighted by Crippen LogP contribution is 2.14. The van der Waals surface area contributed by atoms with Crippen LogP contribution in [0, 0.1) is 6.92 Å². The van der Waals surface area contributed by atoms with E-state index < -0.39 is 5.60 Å². The summed E-state index contributed by atoms with van der Waals surface area (Å²) in [5, 5.41) is 13.4. The van der Waals surface area contributed by atoms with Crippen LogP contribution in [0.5, 0.6) is 0 Å². The van der Waals surface area contributed by atoms with Crippen molar-refractivity contribution < 1.29 is 5.11 Å². The molecule has 1 atom stereocenters. The predicted molar refractivity (Wildman–Crippen MR) is 69.3 cm³/mol. The first-order valence-corrected chi connectivity index (χ1v) is 6.66. The number of hydrogen-bond donors (Lipinski definition) is 2. The topological polar surface area (TPSA) is 58.0 Å². The maximum atomic E-state index is 9.95. The normalized spacial score (nSPS) is 14.6. The van der Waals surface area contributed by atoms with Crippen LogP contribution in [0.2, 0.25) is 5.15 Å². The lowest BCUT2D eigenvalue weighted by Gasteiger charge is -2.22. The third kappa shape index (κ3) is 4.55. The number of rotatable bonds is 5. The van der Waals surface area contributed by atoms with E-state index in [1.54, 1.807) is 31.7 Å². The largest absolute Gasteiger partial charge is 0.387 e. The Morgan fingerprint density at radius 3 is 2.81 bits per heavy atom. The molecule has 0 aromatic carbocycles. The fourth-order valence-electron chi connectivity index (χ4n) is 1.26. The summed E-state index contributed by atoms with van der Waals surface area (Å²) >= 11 is 7.40. The number of aryl methyl sites for hydroxylation is 1. The lowest BCUT2D eigenvalue weighted by Crippen LogP contribution is -2.36. The molecule has 16 heavy (non-hydrogen) atoms. The molecule has 6 heteroatoms. The molecular formula is C10H16ClN3OS. The van der Waals surface area contributed by atoms with Crippen molar-refractivity contribution in [2.75, 3.05) is 23.9 Å². The summed E-state index contributed by atoms with van der Waals surface area (Å²) in [7, 11) is 0. The molecule has 1 unspecified atom stereocenters. The third-order valence-corrected chi connectivity index (χ3v) is 3.02. The maximum Gasteiger partial charge on any atom is 0.134 e. The quantitative estimate of drug-likeness (QED) is 0.794. The summed E-state index contributed by atoms with van der Waals surface area (Å²) in [5.74, 6) is 1.91. The molecule has 1 aromatic rings. The summed E-state index contributed by atoms with van der Waals surface area (Å²) in [6, 6.07) is 1.64. The van der Waals surface area contributed by atoms with Crippen LogP contribution in [0.4, 0.5) is 5.82 Å². The Balaban J connectivity index is 2.60. The van der Waals surface area contributed by atoms with Gasteiger partial charge in [-0.25, -0.2) is 9.97 Å². The predicted octanol–water partition coefficient (Wildman–Crippen LogP) is 1.96. The van der Waals surface area contributed by atoms with Crippen molar-refractivity contribution in [3.05, 3.63) is 17.0 Å². The molecule has 0 saturated carbocycles. The molecule has 1 heterocycles. The van der Waals surface area contributed by atoms with Crippen LogP contribution in [0.15, 0.2) is 6.07 Å². The average Bonchev–Trinajstić information content (AvgIpc) is 2.13. The van der Waals surface area contributed by atoms with Crippen molar-refractivity contribution in [1.29, 1.82) is 0 Å². The molecule has 0 saturated heterocycles. The Labute approximate surface area is 105 Å². The van der Waals surface area contributed by atoms with Gasteiger partial charge in [-0.05, 0) is 20.1 Å². The Morgan fingerprint density at radius 1 is 1.56 bits per heavy atom. The van der Waals surface area contributed by atoms with Gasteiger partial charge in [-0.3, -0.25) is 0 Å². The molecule has 0 amide bonds. The summed E-state index contributed by atoms with van der Waals surface area (Å²) < 4.78 is 0. The van der Waals surface area contributed by atoms with Gasteiger partial charge in [0.15, 0.2) is 0 Å². The molecule has 4 nitrogen and oxygen atoms in total. The van der Waals surface area contributed by atoms with Gasteiger partial charge < -0.3 is 10.4 Å². The van der Waals surface area contributed by atoms with E-state index in [1.807, 2.05) is 6.26 Å².